The molecule has 4 rings (SSSR count). The van der Waals surface area contributed by atoms with Crippen LogP contribution in [0.2, 0.25) is 0 Å². The minimum atomic E-state index is 0.00384. The summed E-state index contributed by atoms with van der Waals surface area (Å²) in [7, 11) is 0. The third-order valence-corrected chi connectivity index (χ3v) is 6.44. The molecule has 2 amide bonds. The second-order valence-electron chi connectivity index (χ2n) is 8.83. The number of benzene rings is 2. The van der Waals surface area contributed by atoms with E-state index in [2.05, 4.69) is 6.07 Å². The van der Waals surface area contributed by atoms with Crippen LogP contribution in [0.15, 0.2) is 42.5 Å². The van der Waals surface area contributed by atoms with Crippen LogP contribution in [0.3, 0.4) is 0 Å². The summed E-state index contributed by atoms with van der Waals surface area (Å²) in [6.45, 7) is 5.84. The second kappa shape index (κ2) is 9.54. The van der Waals surface area contributed by atoms with Crippen molar-refractivity contribution in [3.8, 4) is 5.75 Å². The van der Waals surface area contributed by atoms with Crippen molar-refractivity contribution in [2.24, 2.45) is 5.92 Å². The highest BCUT2D eigenvalue weighted by Gasteiger charge is 2.28. The Kier molecular flexibility index (Phi) is 6.59. The molecule has 0 saturated heterocycles. The molecule has 1 aliphatic carbocycles. The van der Waals surface area contributed by atoms with Gasteiger partial charge in [0.1, 0.15) is 12.4 Å². The first-order chi connectivity index (χ1) is 15.0. The molecule has 2 aromatic rings. The van der Waals surface area contributed by atoms with E-state index in [0.29, 0.717) is 26.2 Å². The Morgan fingerprint density at radius 3 is 2.52 bits per heavy atom. The molecule has 1 fully saturated rings. The molecule has 5 nitrogen and oxygen atoms in total. The number of fused-ring (bicyclic) bond motifs is 1. The average Bonchev–Trinajstić information content (AvgIpc) is 3.00. The lowest BCUT2D eigenvalue weighted by Gasteiger charge is -2.28. The summed E-state index contributed by atoms with van der Waals surface area (Å²) in [5.74, 6) is 1.27. The Labute approximate surface area is 185 Å². The van der Waals surface area contributed by atoms with Crippen molar-refractivity contribution in [3.05, 3.63) is 59.2 Å². The fourth-order valence-corrected chi connectivity index (χ4v) is 4.63. The molecule has 0 spiro atoms. The predicted molar refractivity (Wildman–Crippen MR) is 122 cm³/mol. The van der Waals surface area contributed by atoms with Gasteiger partial charge in [-0.05, 0) is 49.6 Å². The molecule has 0 radical (unpaired) electrons. The number of carbonyl (C=O) groups is 2. The quantitative estimate of drug-likeness (QED) is 0.710. The van der Waals surface area contributed by atoms with Crippen LogP contribution in [0.4, 0.5) is 5.69 Å². The second-order valence-corrected chi connectivity index (χ2v) is 8.83. The van der Waals surface area contributed by atoms with Gasteiger partial charge in [0.2, 0.25) is 11.8 Å². The first kappa shape index (κ1) is 21.4. The number of rotatable bonds is 4. The van der Waals surface area contributed by atoms with E-state index in [4.69, 9.17) is 4.74 Å². The van der Waals surface area contributed by atoms with E-state index in [9.17, 15) is 9.59 Å². The zero-order valence-corrected chi connectivity index (χ0v) is 18.6. The van der Waals surface area contributed by atoms with Crippen molar-refractivity contribution in [2.45, 2.75) is 59.0 Å². The Morgan fingerprint density at radius 1 is 1.06 bits per heavy atom. The maximum Gasteiger partial charge on any atom is 0.226 e. The van der Waals surface area contributed by atoms with Crippen LogP contribution >= 0.6 is 0 Å². The van der Waals surface area contributed by atoms with Gasteiger partial charge in [0, 0.05) is 30.6 Å². The number of nitrogens with zero attached hydrogens (tertiary/aromatic N) is 2. The zero-order valence-electron chi connectivity index (χ0n) is 18.6. The standard InChI is InChI=1S/C26H32N2O3/c1-19-8-11-24(12-9-19)28(20(2)29)17-21-10-13-25-23(16-21)18-27(14-15-31-25)26(30)22-6-4-3-5-7-22/h8-13,16,22H,3-7,14-15,17-18H2,1-2H3. The number of amides is 2. The van der Waals surface area contributed by atoms with Gasteiger partial charge in [0.05, 0.1) is 13.1 Å². The van der Waals surface area contributed by atoms with E-state index in [1.807, 2.05) is 48.2 Å². The van der Waals surface area contributed by atoms with Crippen LogP contribution in [0.5, 0.6) is 5.75 Å². The SMILES string of the molecule is CC(=O)N(Cc1ccc2c(c1)CN(C(=O)C1CCCCC1)CCO2)c1ccc(C)cc1. The monoisotopic (exact) mass is 420 g/mol. The van der Waals surface area contributed by atoms with E-state index >= 15 is 0 Å². The summed E-state index contributed by atoms with van der Waals surface area (Å²) in [5.41, 5.74) is 4.10. The summed E-state index contributed by atoms with van der Waals surface area (Å²) >= 11 is 0. The summed E-state index contributed by atoms with van der Waals surface area (Å²) in [6.07, 6.45) is 5.57. The van der Waals surface area contributed by atoms with Gasteiger partial charge in [-0.2, -0.15) is 0 Å². The number of hydrogen-bond acceptors (Lipinski definition) is 3. The number of ether oxygens (including phenoxy) is 1. The van der Waals surface area contributed by atoms with Crippen molar-refractivity contribution in [3.63, 3.8) is 0 Å². The number of hydrogen-bond donors (Lipinski definition) is 0. The third-order valence-electron chi connectivity index (χ3n) is 6.44. The first-order valence-electron chi connectivity index (χ1n) is 11.4. The highest BCUT2D eigenvalue weighted by Crippen LogP contribution is 2.30. The molecule has 0 N–H and O–H groups in total. The van der Waals surface area contributed by atoms with Crippen LogP contribution in [-0.2, 0) is 22.7 Å². The minimum absolute atomic E-state index is 0.00384. The molecule has 0 bridgehead atoms. The van der Waals surface area contributed by atoms with Crippen molar-refractivity contribution >= 4 is 17.5 Å². The van der Waals surface area contributed by atoms with Crippen molar-refractivity contribution in [2.75, 3.05) is 18.1 Å². The average molecular weight is 421 g/mol. The van der Waals surface area contributed by atoms with E-state index < -0.39 is 0 Å². The minimum Gasteiger partial charge on any atom is -0.491 e. The van der Waals surface area contributed by atoms with Crippen LogP contribution in [0.1, 0.15) is 55.7 Å². The Hall–Kier alpha value is -2.82. The van der Waals surface area contributed by atoms with Crippen molar-refractivity contribution < 1.29 is 14.3 Å². The van der Waals surface area contributed by atoms with Gasteiger partial charge in [-0.1, -0.05) is 43.0 Å². The van der Waals surface area contributed by atoms with Gasteiger partial charge in [-0.3, -0.25) is 9.59 Å². The largest absolute Gasteiger partial charge is 0.491 e. The lowest BCUT2D eigenvalue weighted by Crippen LogP contribution is -2.37. The highest BCUT2D eigenvalue weighted by molar-refractivity contribution is 5.91. The lowest BCUT2D eigenvalue weighted by molar-refractivity contribution is -0.137. The Morgan fingerprint density at radius 2 is 1.81 bits per heavy atom. The molecule has 0 atom stereocenters. The summed E-state index contributed by atoms with van der Waals surface area (Å²) in [5, 5.41) is 0. The molecule has 0 aromatic heterocycles. The van der Waals surface area contributed by atoms with E-state index in [1.54, 1.807) is 11.8 Å². The normalized spacial score (nSPS) is 16.8. The molecule has 164 valence electrons. The van der Waals surface area contributed by atoms with Gasteiger partial charge in [-0.25, -0.2) is 0 Å². The van der Waals surface area contributed by atoms with Gasteiger partial charge >= 0.3 is 0 Å². The van der Waals surface area contributed by atoms with Gasteiger partial charge in [0.25, 0.3) is 0 Å². The molecular formula is C26H32N2O3. The van der Waals surface area contributed by atoms with E-state index in [1.165, 1.54) is 6.42 Å². The van der Waals surface area contributed by atoms with Crippen LogP contribution in [0.25, 0.3) is 0 Å². The zero-order chi connectivity index (χ0) is 21.8. The topological polar surface area (TPSA) is 49.9 Å². The van der Waals surface area contributed by atoms with E-state index in [-0.39, 0.29) is 17.7 Å². The molecule has 5 heteroatoms. The Bertz CT molecular complexity index is 932. The first-order valence-corrected chi connectivity index (χ1v) is 11.4. The smallest absolute Gasteiger partial charge is 0.226 e. The summed E-state index contributed by atoms with van der Waals surface area (Å²) in [4.78, 5) is 29.2. The van der Waals surface area contributed by atoms with Crippen LogP contribution < -0.4 is 9.64 Å². The van der Waals surface area contributed by atoms with Crippen LogP contribution in [-0.4, -0.2) is 29.9 Å². The molecule has 0 unspecified atom stereocenters. The number of carbonyl (C=O) groups excluding carboxylic acids is 2. The number of anilines is 1. The number of aryl methyl sites for hydroxylation is 1. The maximum atomic E-state index is 13.1. The highest BCUT2D eigenvalue weighted by atomic mass is 16.5. The molecule has 1 saturated carbocycles. The van der Waals surface area contributed by atoms with Crippen molar-refractivity contribution in [1.82, 2.24) is 4.90 Å². The lowest BCUT2D eigenvalue weighted by atomic mass is 9.88. The van der Waals surface area contributed by atoms with Gasteiger partial charge in [-0.15, -0.1) is 0 Å². The molecule has 1 aliphatic heterocycles. The van der Waals surface area contributed by atoms with E-state index in [0.717, 1.165) is 53.8 Å². The van der Waals surface area contributed by atoms with Crippen molar-refractivity contribution in [1.29, 1.82) is 0 Å². The van der Waals surface area contributed by atoms with Crippen LogP contribution in [0, 0.1) is 12.8 Å². The summed E-state index contributed by atoms with van der Waals surface area (Å²) < 4.78 is 5.95. The maximum absolute atomic E-state index is 13.1. The fraction of sp³-hybridized carbons (Fsp3) is 0.462. The molecule has 2 aromatic carbocycles. The molecular weight excluding hydrogens is 388 g/mol. The predicted octanol–water partition coefficient (Wildman–Crippen LogP) is 4.85. The fourth-order valence-electron chi connectivity index (χ4n) is 4.63. The molecule has 31 heavy (non-hydrogen) atoms. The van der Waals surface area contributed by atoms with Gasteiger partial charge < -0.3 is 14.5 Å². The molecule has 1 heterocycles. The third kappa shape index (κ3) is 5.09. The molecule has 2 aliphatic rings. The van der Waals surface area contributed by atoms with Gasteiger partial charge in [0.15, 0.2) is 0 Å². The summed E-state index contributed by atoms with van der Waals surface area (Å²) in [6, 6.07) is 14.1. The Balaban J connectivity index is 1.52.